The molecule has 0 unspecified atom stereocenters. The van der Waals surface area contributed by atoms with E-state index in [4.69, 9.17) is 4.74 Å². The highest BCUT2D eigenvalue weighted by Crippen LogP contribution is 2.17. The number of carbonyl (C=O) groups excluding carboxylic acids is 1. The first kappa shape index (κ1) is 19.8. The second-order valence-electron chi connectivity index (χ2n) is 6.85. The van der Waals surface area contributed by atoms with Crippen molar-refractivity contribution in [3.8, 4) is 0 Å². The van der Waals surface area contributed by atoms with Gasteiger partial charge in [-0.25, -0.2) is 4.79 Å². The molecule has 0 saturated carbocycles. The van der Waals surface area contributed by atoms with Crippen LogP contribution in [0.2, 0.25) is 0 Å². The zero-order valence-electron chi connectivity index (χ0n) is 15.8. The number of nitro benzene ring substituents is 1. The molecule has 0 bridgehead atoms. The number of non-ortho nitro benzene ring substituents is 1. The van der Waals surface area contributed by atoms with Crippen LogP contribution < -0.4 is 10.6 Å². The first-order valence-electron chi connectivity index (χ1n) is 9.20. The number of hydrogen-bond acceptors (Lipinski definition) is 5. The highest BCUT2D eigenvalue weighted by molar-refractivity contribution is 5.89. The van der Waals surface area contributed by atoms with Crippen molar-refractivity contribution in [1.82, 2.24) is 10.2 Å². The van der Waals surface area contributed by atoms with Crippen LogP contribution in [-0.4, -0.2) is 41.7 Å². The molecule has 8 nitrogen and oxygen atoms in total. The molecule has 28 heavy (non-hydrogen) atoms. The molecule has 0 radical (unpaired) electrons. The summed E-state index contributed by atoms with van der Waals surface area (Å²) in [6, 6.07) is 13.5. The molecule has 1 saturated heterocycles. The summed E-state index contributed by atoms with van der Waals surface area (Å²) in [6.45, 7) is 5.87. The minimum absolute atomic E-state index is 0.0667. The normalized spacial score (nSPS) is 17.1. The van der Waals surface area contributed by atoms with Crippen LogP contribution >= 0.6 is 0 Å². The van der Waals surface area contributed by atoms with Crippen molar-refractivity contribution >= 4 is 17.4 Å². The van der Waals surface area contributed by atoms with Gasteiger partial charge in [-0.3, -0.25) is 15.0 Å². The van der Waals surface area contributed by atoms with Crippen LogP contribution in [-0.2, 0) is 17.8 Å². The van der Waals surface area contributed by atoms with Crippen molar-refractivity contribution in [2.24, 2.45) is 0 Å². The molecule has 0 spiro atoms. The van der Waals surface area contributed by atoms with E-state index in [0.717, 1.165) is 31.8 Å². The van der Waals surface area contributed by atoms with Gasteiger partial charge in [-0.2, -0.15) is 0 Å². The minimum Gasteiger partial charge on any atom is -0.376 e. The standard InChI is InChI=1S/C20H24N4O4/c1-15-13-23(8-9-28-15)14-17-5-2-4-16(10-17)12-21-20(25)22-18-6-3-7-19(11-18)24(26)27/h2-7,10-11,15H,8-9,12-14H2,1H3,(H2,21,22,25)/t15-/m0/s1. The van der Waals surface area contributed by atoms with Crippen LogP contribution in [0.25, 0.3) is 0 Å². The molecule has 2 N–H and O–H groups in total. The molecule has 2 amide bonds. The maximum absolute atomic E-state index is 12.1. The SMILES string of the molecule is C[C@H]1CN(Cc2cccc(CNC(=O)Nc3cccc([N+](=O)[O-])c3)c2)CCO1. The average Bonchev–Trinajstić information content (AvgIpc) is 2.67. The van der Waals surface area contributed by atoms with Gasteiger partial charge in [0.2, 0.25) is 0 Å². The molecule has 1 aliphatic heterocycles. The molecule has 2 aromatic rings. The number of urea groups is 1. The van der Waals surface area contributed by atoms with Gasteiger partial charge in [0.05, 0.1) is 17.6 Å². The molecular formula is C20H24N4O4. The lowest BCUT2D eigenvalue weighted by Gasteiger charge is -2.31. The molecule has 1 aliphatic rings. The van der Waals surface area contributed by atoms with Crippen LogP contribution in [0, 0.1) is 10.1 Å². The van der Waals surface area contributed by atoms with Gasteiger partial charge in [-0.05, 0) is 24.1 Å². The molecule has 148 valence electrons. The predicted molar refractivity (Wildman–Crippen MR) is 106 cm³/mol. The number of benzene rings is 2. The third-order valence-corrected chi connectivity index (χ3v) is 4.49. The van der Waals surface area contributed by atoms with Gasteiger partial charge >= 0.3 is 6.03 Å². The Labute approximate surface area is 163 Å². The van der Waals surface area contributed by atoms with Gasteiger partial charge < -0.3 is 15.4 Å². The van der Waals surface area contributed by atoms with Crippen molar-refractivity contribution in [2.75, 3.05) is 25.0 Å². The predicted octanol–water partition coefficient (Wildman–Crippen LogP) is 3.14. The summed E-state index contributed by atoms with van der Waals surface area (Å²) in [7, 11) is 0. The molecule has 3 rings (SSSR count). The maximum Gasteiger partial charge on any atom is 0.319 e. The zero-order chi connectivity index (χ0) is 19.9. The first-order chi connectivity index (χ1) is 13.5. The number of nitrogens with zero attached hydrogens (tertiary/aromatic N) is 2. The minimum atomic E-state index is -0.496. The number of ether oxygens (including phenoxy) is 1. The van der Waals surface area contributed by atoms with Crippen molar-refractivity contribution in [1.29, 1.82) is 0 Å². The third-order valence-electron chi connectivity index (χ3n) is 4.49. The van der Waals surface area contributed by atoms with Crippen LogP contribution in [0.3, 0.4) is 0 Å². The number of amides is 2. The molecule has 2 aromatic carbocycles. The molecule has 0 aliphatic carbocycles. The summed E-state index contributed by atoms with van der Waals surface area (Å²) in [5.74, 6) is 0. The van der Waals surface area contributed by atoms with Crippen molar-refractivity contribution in [3.63, 3.8) is 0 Å². The Morgan fingerprint density at radius 2 is 2.04 bits per heavy atom. The number of nitrogens with one attached hydrogen (secondary N) is 2. The van der Waals surface area contributed by atoms with Crippen LogP contribution in [0.1, 0.15) is 18.1 Å². The van der Waals surface area contributed by atoms with Gasteiger partial charge in [-0.15, -0.1) is 0 Å². The fourth-order valence-corrected chi connectivity index (χ4v) is 3.19. The summed E-state index contributed by atoms with van der Waals surface area (Å²) in [4.78, 5) is 24.8. The van der Waals surface area contributed by atoms with Gasteiger partial charge in [0.1, 0.15) is 0 Å². The smallest absolute Gasteiger partial charge is 0.319 e. The quantitative estimate of drug-likeness (QED) is 0.589. The second kappa shape index (κ2) is 9.29. The Balaban J connectivity index is 1.52. The zero-order valence-corrected chi connectivity index (χ0v) is 15.8. The highest BCUT2D eigenvalue weighted by Gasteiger charge is 2.16. The number of rotatable bonds is 6. The van der Waals surface area contributed by atoms with E-state index in [1.807, 2.05) is 12.1 Å². The lowest BCUT2D eigenvalue weighted by Crippen LogP contribution is -2.40. The summed E-state index contributed by atoms with van der Waals surface area (Å²) >= 11 is 0. The molecule has 8 heteroatoms. The lowest BCUT2D eigenvalue weighted by molar-refractivity contribution is -0.384. The maximum atomic E-state index is 12.1. The van der Waals surface area contributed by atoms with E-state index in [1.165, 1.54) is 23.8 Å². The van der Waals surface area contributed by atoms with Gasteiger partial charge in [0.15, 0.2) is 0 Å². The number of hydrogen-bond donors (Lipinski definition) is 2. The number of anilines is 1. The first-order valence-corrected chi connectivity index (χ1v) is 9.20. The number of carbonyl (C=O) groups is 1. The molecule has 1 atom stereocenters. The van der Waals surface area contributed by atoms with E-state index in [0.29, 0.717) is 12.2 Å². The van der Waals surface area contributed by atoms with Crippen LogP contribution in [0.15, 0.2) is 48.5 Å². The van der Waals surface area contributed by atoms with E-state index in [1.54, 1.807) is 6.07 Å². The summed E-state index contributed by atoms with van der Waals surface area (Å²) in [6.07, 6.45) is 0.246. The monoisotopic (exact) mass is 384 g/mol. The van der Waals surface area contributed by atoms with Gasteiger partial charge in [-0.1, -0.05) is 30.3 Å². The summed E-state index contributed by atoms with van der Waals surface area (Å²) in [5, 5.41) is 16.2. The van der Waals surface area contributed by atoms with Crippen LogP contribution in [0.5, 0.6) is 0 Å². The van der Waals surface area contributed by atoms with Crippen LogP contribution in [0.4, 0.5) is 16.2 Å². The van der Waals surface area contributed by atoms with E-state index in [-0.39, 0.29) is 11.8 Å². The molecular weight excluding hydrogens is 360 g/mol. The summed E-state index contributed by atoms with van der Waals surface area (Å²) in [5.41, 5.74) is 2.49. The van der Waals surface area contributed by atoms with Gasteiger partial charge in [0.25, 0.3) is 5.69 Å². The summed E-state index contributed by atoms with van der Waals surface area (Å²) < 4.78 is 5.57. The lowest BCUT2D eigenvalue weighted by atomic mass is 10.1. The van der Waals surface area contributed by atoms with Crippen molar-refractivity contribution < 1.29 is 14.5 Å². The highest BCUT2D eigenvalue weighted by atomic mass is 16.6. The third kappa shape index (κ3) is 5.77. The number of nitro groups is 1. The Morgan fingerprint density at radius 3 is 2.82 bits per heavy atom. The topological polar surface area (TPSA) is 96.7 Å². The van der Waals surface area contributed by atoms with Gasteiger partial charge in [0, 0.05) is 44.0 Å². The van der Waals surface area contributed by atoms with Crippen molar-refractivity contribution in [2.45, 2.75) is 26.1 Å². The van der Waals surface area contributed by atoms with E-state index < -0.39 is 11.0 Å². The largest absolute Gasteiger partial charge is 0.376 e. The van der Waals surface area contributed by atoms with Crippen molar-refractivity contribution in [3.05, 3.63) is 69.8 Å². The van der Waals surface area contributed by atoms with E-state index in [9.17, 15) is 14.9 Å². The molecule has 0 aromatic heterocycles. The number of morpholine rings is 1. The van der Waals surface area contributed by atoms with E-state index >= 15 is 0 Å². The average molecular weight is 384 g/mol. The fraction of sp³-hybridized carbons (Fsp3) is 0.350. The Bertz CT molecular complexity index is 842. The Kier molecular flexibility index (Phi) is 6.57. The molecule has 1 fully saturated rings. The second-order valence-corrected chi connectivity index (χ2v) is 6.85. The Morgan fingerprint density at radius 1 is 1.25 bits per heavy atom. The Hall–Kier alpha value is -2.97. The fourth-order valence-electron chi connectivity index (χ4n) is 3.19. The molecule has 1 heterocycles. The van der Waals surface area contributed by atoms with E-state index in [2.05, 4.69) is 34.6 Å².